The number of rotatable bonds is 6. The number of benzene rings is 2. The van der Waals surface area contributed by atoms with Gasteiger partial charge in [0.15, 0.2) is 5.78 Å². The van der Waals surface area contributed by atoms with Crippen LogP contribution in [0.2, 0.25) is 0 Å². The quantitative estimate of drug-likeness (QED) is 0.645. The van der Waals surface area contributed by atoms with Gasteiger partial charge in [0.1, 0.15) is 0 Å². The molecule has 0 saturated carbocycles. The Hall–Kier alpha value is -2.19. The third-order valence-electron chi connectivity index (χ3n) is 3.71. The Morgan fingerprint density at radius 1 is 1.05 bits per heavy atom. The first kappa shape index (κ1) is 15.2. The van der Waals surface area contributed by atoms with Crippen molar-refractivity contribution in [2.45, 2.75) is 18.9 Å². The minimum atomic E-state index is -0.749. The zero-order chi connectivity index (χ0) is 15.2. The maximum Gasteiger partial charge on any atom is 0.169 e. The van der Waals surface area contributed by atoms with E-state index in [1.54, 1.807) is 25.1 Å². The molecular formula is C19H20O2. The topological polar surface area (TPSA) is 37.3 Å². The maximum atomic E-state index is 12.8. The van der Waals surface area contributed by atoms with E-state index in [4.69, 9.17) is 0 Å². The first-order valence-corrected chi connectivity index (χ1v) is 7.10. The van der Waals surface area contributed by atoms with E-state index in [0.717, 1.165) is 5.56 Å². The Labute approximate surface area is 125 Å². The average Bonchev–Trinajstić information content (AvgIpc) is 2.53. The van der Waals surface area contributed by atoms with E-state index in [-0.39, 0.29) is 11.7 Å². The highest BCUT2D eigenvalue weighted by Crippen LogP contribution is 2.31. The molecule has 1 N–H and O–H groups in total. The number of carbonyl (C=O) groups excluding carboxylic acids is 1. The number of carbonyl (C=O) groups is 1. The third kappa shape index (κ3) is 3.47. The first-order valence-electron chi connectivity index (χ1n) is 7.10. The fourth-order valence-electron chi connectivity index (χ4n) is 2.64. The average molecular weight is 280 g/mol. The summed E-state index contributed by atoms with van der Waals surface area (Å²) in [5.74, 6) is -0.800. The van der Waals surface area contributed by atoms with Gasteiger partial charge < -0.3 is 5.11 Å². The largest absolute Gasteiger partial charge is 0.393 e. The lowest BCUT2D eigenvalue weighted by molar-refractivity contribution is 0.0698. The van der Waals surface area contributed by atoms with Crippen LogP contribution in [0.15, 0.2) is 73.3 Å². The third-order valence-corrected chi connectivity index (χ3v) is 3.71. The molecule has 2 heteroatoms. The molecule has 0 amide bonds. The van der Waals surface area contributed by atoms with E-state index in [2.05, 4.69) is 6.58 Å². The highest BCUT2D eigenvalue weighted by atomic mass is 16.3. The lowest BCUT2D eigenvalue weighted by atomic mass is 9.78. The number of Topliss-reactive ketones (excluding diaryl/α,β-unsaturated/α-hetero) is 1. The minimum Gasteiger partial charge on any atom is -0.393 e. The predicted molar refractivity (Wildman–Crippen MR) is 85.3 cm³/mol. The molecular weight excluding hydrogens is 260 g/mol. The molecule has 2 nitrogen and oxygen atoms in total. The van der Waals surface area contributed by atoms with Crippen molar-refractivity contribution in [1.29, 1.82) is 0 Å². The Morgan fingerprint density at radius 2 is 1.57 bits per heavy atom. The van der Waals surface area contributed by atoms with Gasteiger partial charge in [0.05, 0.1) is 12.0 Å². The van der Waals surface area contributed by atoms with Gasteiger partial charge in [-0.05, 0) is 12.5 Å². The van der Waals surface area contributed by atoms with Crippen molar-refractivity contribution in [3.8, 4) is 0 Å². The van der Waals surface area contributed by atoms with Gasteiger partial charge in [0, 0.05) is 11.5 Å². The SMILES string of the molecule is C=CC(c1ccccc1)[C@H](C(=O)c1ccccc1)C(C)O. The van der Waals surface area contributed by atoms with Crippen molar-refractivity contribution in [2.24, 2.45) is 5.92 Å². The van der Waals surface area contributed by atoms with Crippen molar-refractivity contribution < 1.29 is 9.90 Å². The Kier molecular flexibility index (Phi) is 5.07. The molecule has 2 aromatic carbocycles. The van der Waals surface area contributed by atoms with Gasteiger partial charge in [-0.25, -0.2) is 0 Å². The summed E-state index contributed by atoms with van der Waals surface area (Å²) < 4.78 is 0. The van der Waals surface area contributed by atoms with Crippen LogP contribution in [-0.2, 0) is 0 Å². The van der Waals surface area contributed by atoms with Crippen LogP contribution in [-0.4, -0.2) is 17.0 Å². The number of allylic oxidation sites excluding steroid dienone is 1. The maximum absolute atomic E-state index is 12.8. The summed E-state index contributed by atoms with van der Waals surface area (Å²) in [4.78, 5) is 12.8. The number of hydrogen-bond donors (Lipinski definition) is 1. The molecule has 0 spiro atoms. The summed E-state index contributed by atoms with van der Waals surface area (Å²) in [6.45, 7) is 5.51. The van der Waals surface area contributed by atoms with Crippen molar-refractivity contribution in [1.82, 2.24) is 0 Å². The van der Waals surface area contributed by atoms with E-state index >= 15 is 0 Å². The molecule has 2 rings (SSSR count). The van der Waals surface area contributed by atoms with Crippen LogP contribution in [0.4, 0.5) is 0 Å². The molecule has 21 heavy (non-hydrogen) atoms. The zero-order valence-corrected chi connectivity index (χ0v) is 12.1. The molecule has 0 heterocycles. The van der Waals surface area contributed by atoms with Crippen LogP contribution in [0.1, 0.15) is 28.8 Å². The van der Waals surface area contributed by atoms with Crippen molar-refractivity contribution >= 4 is 5.78 Å². The highest BCUT2D eigenvalue weighted by molar-refractivity contribution is 5.98. The van der Waals surface area contributed by atoms with Gasteiger partial charge in [-0.15, -0.1) is 6.58 Å². The van der Waals surface area contributed by atoms with Crippen LogP contribution < -0.4 is 0 Å². The molecule has 0 radical (unpaired) electrons. The molecule has 2 unspecified atom stereocenters. The molecule has 0 aliphatic heterocycles. The smallest absolute Gasteiger partial charge is 0.169 e. The molecule has 0 aromatic heterocycles. The summed E-state index contributed by atoms with van der Waals surface area (Å²) >= 11 is 0. The Morgan fingerprint density at radius 3 is 2.05 bits per heavy atom. The Bertz CT molecular complexity index is 587. The van der Waals surface area contributed by atoms with Gasteiger partial charge in [-0.3, -0.25) is 4.79 Å². The van der Waals surface area contributed by atoms with Crippen LogP contribution in [0, 0.1) is 5.92 Å². The van der Waals surface area contributed by atoms with Gasteiger partial charge >= 0.3 is 0 Å². The van der Waals surface area contributed by atoms with E-state index in [0.29, 0.717) is 5.56 Å². The van der Waals surface area contributed by atoms with E-state index in [9.17, 15) is 9.90 Å². The molecule has 0 saturated heterocycles. The van der Waals surface area contributed by atoms with Crippen molar-refractivity contribution in [2.75, 3.05) is 0 Å². The van der Waals surface area contributed by atoms with Gasteiger partial charge in [-0.1, -0.05) is 66.7 Å². The second-order valence-electron chi connectivity index (χ2n) is 5.17. The van der Waals surface area contributed by atoms with E-state index < -0.39 is 12.0 Å². The standard InChI is InChI=1S/C19H20O2/c1-3-17(15-10-6-4-7-11-15)18(14(2)20)19(21)16-12-8-5-9-13-16/h3-14,17-18,20H,1H2,2H3/t14?,17?,18-/m1/s1. The molecule has 0 fully saturated rings. The summed E-state index contributed by atoms with van der Waals surface area (Å²) in [6.07, 6.45) is 0.994. The van der Waals surface area contributed by atoms with Gasteiger partial charge in [0.25, 0.3) is 0 Å². The molecule has 3 atom stereocenters. The molecule has 0 aliphatic rings. The van der Waals surface area contributed by atoms with Crippen LogP contribution >= 0.6 is 0 Å². The predicted octanol–water partition coefficient (Wildman–Crippen LogP) is 3.84. The fourth-order valence-corrected chi connectivity index (χ4v) is 2.64. The highest BCUT2D eigenvalue weighted by Gasteiger charge is 2.32. The van der Waals surface area contributed by atoms with Gasteiger partial charge in [0.2, 0.25) is 0 Å². The van der Waals surface area contributed by atoms with E-state index in [1.807, 2.05) is 48.5 Å². The van der Waals surface area contributed by atoms with Crippen LogP contribution in [0.25, 0.3) is 0 Å². The fraction of sp³-hybridized carbons (Fsp3) is 0.211. The summed E-state index contributed by atoms with van der Waals surface area (Å²) in [7, 11) is 0. The molecule has 2 aromatic rings. The molecule has 108 valence electrons. The second kappa shape index (κ2) is 7.00. The van der Waals surface area contributed by atoms with Gasteiger partial charge in [-0.2, -0.15) is 0 Å². The van der Waals surface area contributed by atoms with Crippen LogP contribution in [0.5, 0.6) is 0 Å². The van der Waals surface area contributed by atoms with E-state index in [1.165, 1.54) is 0 Å². The number of aliphatic hydroxyl groups is 1. The molecule has 0 bridgehead atoms. The summed E-state index contributed by atoms with van der Waals surface area (Å²) in [5, 5.41) is 10.1. The normalized spacial score (nSPS) is 15.0. The molecule has 0 aliphatic carbocycles. The Balaban J connectivity index is 2.38. The number of hydrogen-bond acceptors (Lipinski definition) is 2. The lowest BCUT2D eigenvalue weighted by Gasteiger charge is -2.26. The number of aliphatic hydroxyl groups excluding tert-OH is 1. The first-order chi connectivity index (χ1) is 10.1. The second-order valence-corrected chi connectivity index (χ2v) is 5.17. The van der Waals surface area contributed by atoms with Crippen molar-refractivity contribution in [3.63, 3.8) is 0 Å². The van der Waals surface area contributed by atoms with Crippen LogP contribution in [0.3, 0.4) is 0 Å². The minimum absolute atomic E-state index is 0.0562. The zero-order valence-electron chi connectivity index (χ0n) is 12.1. The summed E-state index contributed by atoms with van der Waals surface area (Å²) in [5.41, 5.74) is 1.61. The monoisotopic (exact) mass is 280 g/mol. The number of ketones is 1. The van der Waals surface area contributed by atoms with Crippen molar-refractivity contribution in [3.05, 3.63) is 84.4 Å². The lowest BCUT2D eigenvalue weighted by Crippen LogP contribution is -2.31. The summed E-state index contributed by atoms with van der Waals surface area (Å²) in [6, 6.07) is 18.8.